The van der Waals surface area contributed by atoms with Crippen molar-refractivity contribution in [1.82, 2.24) is 0 Å². The van der Waals surface area contributed by atoms with Crippen molar-refractivity contribution in [3.8, 4) is 0 Å². The molecule has 114 valence electrons. The zero-order chi connectivity index (χ0) is 16.2. The first-order chi connectivity index (χ1) is 10.4. The molecule has 0 bridgehead atoms. The average molecular weight is 322 g/mol. The number of nitro groups is 1. The van der Waals surface area contributed by atoms with Gasteiger partial charge in [-0.25, -0.2) is 12.8 Å². The predicted molar refractivity (Wildman–Crippen MR) is 78.7 cm³/mol. The summed E-state index contributed by atoms with van der Waals surface area (Å²) in [5, 5.41) is 12.3. The molecule has 1 N–H and O–H groups in total. The van der Waals surface area contributed by atoms with Crippen LogP contribution in [0.3, 0.4) is 0 Å². The van der Waals surface area contributed by atoms with Crippen molar-refractivity contribution in [2.45, 2.75) is 4.90 Å². The lowest BCUT2D eigenvalue weighted by molar-refractivity contribution is -0.411. The summed E-state index contributed by atoms with van der Waals surface area (Å²) in [6, 6.07) is 12.4. The van der Waals surface area contributed by atoms with Gasteiger partial charge in [0.2, 0.25) is 0 Å². The van der Waals surface area contributed by atoms with Gasteiger partial charge in [0.15, 0.2) is 0 Å². The van der Waals surface area contributed by atoms with Crippen LogP contribution in [0.5, 0.6) is 0 Å². The zero-order valence-corrected chi connectivity index (χ0v) is 12.0. The van der Waals surface area contributed by atoms with Gasteiger partial charge in [0, 0.05) is 0 Å². The highest BCUT2D eigenvalue weighted by Crippen LogP contribution is 2.20. The molecule has 0 radical (unpaired) electrons. The molecule has 2 aromatic carbocycles. The van der Waals surface area contributed by atoms with Crippen LogP contribution in [0.2, 0.25) is 0 Å². The summed E-state index contributed by atoms with van der Waals surface area (Å²) in [5.74, 6) is -0.654. The van der Waals surface area contributed by atoms with Gasteiger partial charge in [-0.3, -0.25) is 10.1 Å². The lowest BCUT2D eigenvalue weighted by Gasteiger charge is -2.04. The highest BCUT2D eigenvalue weighted by molar-refractivity contribution is 7.95. The molecule has 0 fully saturated rings. The fraction of sp³-hybridized carbons (Fsp3) is 0. The second-order valence-electron chi connectivity index (χ2n) is 4.18. The molecule has 0 spiro atoms. The van der Waals surface area contributed by atoms with Crippen LogP contribution in [0.15, 0.2) is 70.7 Å². The molecule has 2 aromatic rings. The molecular formula is C14H11FN2O4S. The molecule has 0 amide bonds. The first-order valence-electron chi connectivity index (χ1n) is 6.08. The Bertz CT molecular complexity index is 820. The summed E-state index contributed by atoms with van der Waals surface area (Å²) < 4.78 is 37.9. The largest absolute Gasteiger partial charge is 0.379 e. The van der Waals surface area contributed by atoms with Gasteiger partial charge in [0.25, 0.3) is 9.84 Å². The summed E-state index contributed by atoms with van der Waals surface area (Å²) in [6.07, 6.45) is 0.667. The maximum atomic E-state index is 13.4. The maximum Gasteiger partial charge on any atom is 0.379 e. The molecule has 0 saturated carbocycles. The molecule has 8 heteroatoms. The summed E-state index contributed by atoms with van der Waals surface area (Å²) in [7, 11) is -4.31. The zero-order valence-electron chi connectivity index (χ0n) is 11.1. The number of nitrogens with one attached hydrogen (secondary N) is 1. The van der Waals surface area contributed by atoms with Crippen molar-refractivity contribution in [3.05, 3.63) is 81.8 Å². The van der Waals surface area contributed by atoms with E-state index in [-0.39, 0.29) is 10.6 Å². The van der Waals surface area contributed by atoms with Crippen molar-refractivity contribution < 1.29 is 17.7 Å². The molecule has 0 saturated heterocycles. The van der Waals surface area contributed by atoms with Crippen molar-refractivity contribution in [2.24, 2.45) is 0 Å². The summed E-state index contributed by atoms with van der Waals surface area (Å²) >= 11 is 0. The van der Waals surface area contributed by atoms with Crippen LogP contribution in [0.1, 0.15) is 0 Å². The van der Waals surface area contributed by atoms with Crippen molar-refractivity contribution >= 4 is 15.5 Å². The van der Waals surface area contributed by atoms with E-state index in [1.165, 1.54) is 42.5 Å². The third-order valence-corrected chi connectivity index (χ3v) is 4.44. The minimum absolute atomic E-state index is 0.0647. The standard InChI is InChI=1S/C14H11FN2O4S/c15-12-8-4-5-9-13(12)16-10-14(17(18)19)22(20,21)11-6-2-1-3-7-11/h1-10,16H/b14-10-. The van der Waals surface area contributed by atoms with Gasteiger partial charge in [-0.05, 0) is 24.3 Å². The molecule has 0 heterocycles. The molecular weight excluding hydrogens is 311 g/mol. The quantitative estimate of drug-likeness (QED) is 0.675. The lowest BCUT2D eigenvalue weighted by atomic mass is 10.3. The third kappa shape index (κ3) is 3.29. The Balaban J connectivity index is 2.41. The molecule has 0 aliphatic carbocycles. The fourth-order valence-corrected chi connectivity index (χ4v) is 2.83. The molecule has 0 aliphatic heterocycles. The van der Waals surface area contributed by atoms with E-state index >= 15 is 0 Å². The Kier molecular flexibility index (Phi) is 4.52. The van der Waals surface area contributed by atoms with Crippen LogP contribution < -0.4 is 5.32 Å². The second kappa shape index (κ2) is 6.35. The van der Waals surface area contributed by atoms with Gasteiger partial charge in [-0.15, -0.1) is 0 Å². The number of nitrogens with zero attached hydrogens (tertiary/aromatic N) is 1. The Morgan fingerprint density at radius 3 is 2.27 bits per heavy atom. The summed E-state index contributed by atoms with van der Waals surface area (Å²) in [5.41, 5.74) is -0.0647. The molecule has 0 atom stereocenters. The molecule has 2 rings (SSSR count). The number of hydrogen-bond acceptors (Lipinski definition) is 5. The van der Waals surface area contributed by atoms with Crippen LogP contribution in [0, 0.1) is 15.9 Å². The predicted octanol–water partition coefficient (Wildman–Crippen LogP) is 2.79. The van der Waals surface area contributed by atoms with Crippen molar-refractivity contribution in [2.75, 3.05) is 5.32 Å². The van der Waals surface area contributed by atoms with E-state index in [0.29, 0.717) is 6.20 Å². The van der Waals surface area contributed by atoms with E-state index < -0.39 is 25.6 Å². The molecule has 0 unspecified atom stereocenters. The molecule has 6 nitrogen and oxygen atoms in total. The van der Waals surface area contributed by atoms with Crippen LogP contribution in [0.25, 0.3) is 0 Å². The Hall–Kier alpha value is -2.74. The number of rotatable bonds is 5. The smallest absolute Gasteiger partial charge is 0.353 e. The van der Waals surface area contributed by atoms with Crippen molar-refractivity contribution in [3.63, 3.8) is 0 Å². The fourth-order valence-electron chi connectivity index (χ4n) is 1.67. The molecule has 22 heavy (non-hydrogen) atoms. The highest BCUT2D eigenvalue weighted by Gasteiger charge is 2.31. The summed E-state index contributed by atoms with van der Waals surface area (Å²) in [6.45, 7) is 0. The van der Waals surface area contributed by atoms with E-state index in [0.717, 1.165) is 6.07 Å². The monoisotopic (exact) mass is 322 g/mol. The highest BCUT2D eigenvalue weighted by atomic mass is 32.2. The average Bonchev–Trinajstić information content (AvgIpc) is 2.49. The minimum atomic E-state index is -4.31. The van der Waals surface area contributed by atoms with E-state index in [9.17, 15) is 22.9 Å². The van der Waals surface area contributed by atoms with Gasteiger partial charge in [0.05, 0.1) is 21.7 Å². The Morgan fingerprint density at radius 2 is 1.68 bits per heavy atom. The topological polar surface area (TPSA) is 89.3 Å². The van der Waals surface area contributed by atoms with E-state index in [1.54, 1.807) is 6.07 Å². The summed E-state index contributed by atoms with van der Waals surface area (Å²) in [4.78, 5) is 9.80. The van der Waals surface area contributed by atoms with Crippen LogP contribution >= 0.6 is 0 Å². The van der Waals surface area contributed by atoms with Gasteiger partial charge in [0.1, 0.15) is 5.82 Å². The normalized spacial score (nSPS) is 12.0. The third-order valence-electron chi connectivity index (χ3n) is 2.73. The van der Waals surface area contributed by atoms with Gasteiger partial charge in [-0.1, -0.05) is 30.3 Å². The van der Waals surface area contributed by atoms with Gasteiger partial charge < -0.3 is 5.32 Å². The van der Waals surface area contributed by atoms with Gasteiger partial charge >= 0.3 is 5.03 Å². The molecule has 0 aliphatic rings. The van der Waals surface area contributed by atoms with Crippen LogP contribution in [-0.4, -0.2) is 13.3 Å². The number of hydrogen-bond donors (Lipinski definition) is 1. The van der Waals surface area contributed by atoms with Crippen molar-refractivity contribution in [1.29, 1.82) is 0 Å². The maximum absolute atomic E-state index is 13.4. The Morgan fingerprint density at radius 1 is 1.09 bits per heavy atom. The number of halogens is 1. The molecule has 0 aromatic heterocycles. The number of sulfone groups is 1. The lowest BCUT2D eigenvalue weighted by Crippen LogP contribution is -2.14. The van der Waals surface area contributed by atoms with Crippen LogP contribution in [-0.2, 0) is 9.84 Å². The first kappa shape index (κ1) is 15.6. The number of anilines is 1. The van der Waals surface area contributed by atoms with Crippen LogP contribution in [0.4, 0.5) is 10.1 Å². The Labute approximate surface area is 126 Å². The SMILES string of the molecule is O=[N+]([O-])/C(=C/Nc1ccccc1F)S(=O)(=O)c1ccccc1. The first-order valence-corrected chi connectivity index (χ1v) is 7.57. The minimum Gasteiger partial charge on any atom is -0.353 e. The second-order valence-corrected chi connectivity index (χ2v) is 6.08. The number of para-hydroxylation sites is 1. The van der Waals surface area contributed by atoms with E-state index in [1.807, 2.05) is 0 Å². The van der Waals surface area contributed by atoms with Gasteiger partial charge in [-0.2, -0.15) is 0 Å². The number of benzene rings is 2. The van der Waals surface area contributed by atoms with E-state index in [4.69, 9.17) is 0 Å². The van der Waals surface area contributed by atoms with E-state index in [2.05, 4.69) is 5.32 Å².